The van der Waals surface area contributed by atoms with Crippen LogP contribution in [0.15, 0.2) is 34.7 Å². The molecule has 0 radical (unpaired) electrons. The largest absolute Gasteiger partial charge is 0.493 e. The highest BCUT2D eigenvalue weighted by molar-refractivity contribution is 8.02. The average molecular weight is 317 g/mol. The van der Waals surface area contributed by atoms with Gasteiger partial charge in [-0.2, -0.15) is 0 Å². The average Bonchev–Trinajstić information content (AvgIpc) is 2.38. The van der Waals surface area contributed by atoms with Gasteiger partial charge in [-0.15, -0.1) is 11.8 Å². The standard InChI is InChI=1S/C19H27NOS/c1-8-21-16-10-9-15(13-17(16)22-12-11-20-7)19(5,6)14-18(2,3)4/h9-13H,8,14H2,1-6H3. The fraction of sp³-hybridized carbons (Fsp3) is 0.526. The molecule has 0 heterocycles. The first-order chi connectivity index (χ1) is 10.2. The summed E-state index contributed by atoms with van der Waals surface area (Å²) in [6.45, 7) is 20.9. The minimum Gasteiger partial charge on any atom is -0.493 e. The van der Waals surface area contributed by atoms with Gasteiger partial charge >= 0.3 is 0 Å². The molecular weight excluding hydrogens is 290 g/mol. The van der Waals surface area contributed by atoms with Crippen LogP contribution in [0.1, 0.15) is 53.5 Å². The molecule has 0 spiro atoms. The Kier molecular flexibility index (Phi) is 6.56. The Morgan fingerprint density at radius 3 is 2.45 bits per heavy atom. The van der Waals surface area contributed by atoms with Gasteiger partial charge in [0, 0.05) is 0 Å². The van der Waals surface area contributed by atoms with Crippen molar-refractivity contribution in [2.24, 2.45) is 5.41 Å². The van der Waals surface area contributed by atoms with Crippen molar-refractivity contribution in [2.45, 2.75) is 58.3 Å². The zero-order valence-electron chi connectivity index (χ0n) is 14.6. The van der Waals surface area contributed by atoms with E-state index in [4.69, 9.17) is 11.3 Å². The van der Waals surface area contributed by atoms with Crippen LogP contribution in [-0.4, -0.2) is 6.61 Å². The Balaban J connectivity index is 3.14. The molecule has 0 fully saturated rings. The first-order valence-corrected chi connectivity index (χ1v) is 8.53. The zero-order chi connectivity index (χ0) is 16.8. The van der Waals surface area contributed by atoms with Crippen molar-refractivity contribution in [1.82, 2.24) is 0 Å². The predicted octanol–water partition coefficient (Wildman–Crippen LogP) is 6.28. The molecule has 0 aromatic heterocycles. The van der Waals surface area contributed by atoms with Crippen LogP contribution < -0.4 is 4.74 Å². The first-order valence-electron chi connectivity index (χ1n) is 7.65. The molecule has 0 saturated carbocycles. The summed E-state index contributed by atoms with van der Waals surface area (Å²) in [6.07, 6.45) is 2.59. The molecule has 0 unspecified atom stereocenters. The van der Waals surface area contributed by atoms with E-state index in [0.29, 0.717) is 6.61 Å². The third-order valence-corrected chi connectivity index (χ3v) is 4.16. The van der Waals surface area contributed by atoms with Gasteiger partial charge in [-0.1, -0.05) is 40.7 Å². The van der Waals surface area contributed by atoms with Gasteiger partial charge < -0.3 is 4.74 Å². The van der Waals surface area contributed by atoms with Gasteiger partial charge in [0.2, 0.25) is 0 Å². The number of nitrogens with zero attached hydrogens (tertiary/aromatic N) is 1. The summed E-state index contributed by atoms with van der Waals surface area (Å²) >= 11 is 1.54. The lowest BCUT2D eigenvalue weighted by atomic mass is 9.72. The van der Waals surface area contributed by atoms with Crippen molar-refractivity contribution in [3.05, 3.63) is 46.8 Å². The monoisotopic (exact) mass is 317 g/mol. The molecule has 22 heavy (non-hydrogen) atoms. The van der Waals surface area contributed by atoms with E-state index in [-0.39, 0.29) is 10.8 Å². The fourth-order valence-corrected chi connectivity index (χ4v) is 3.56. The van der Waals surface area contributed by atoms with Gasteiger partial charge in [0.25, 0.3) is 0 Å². The van der Waals surface area contributed by atoms with Crippen molar-refractivity contribution < 1.29 is 4.74 Å². The molecule has 0 bridgehead atoms. The molecule has 0 aliphatic heterocycles. The summed E-state index contributed by atoms with van der Waals surface area (Å²) in [5.41, 5.74) is 1.69. The molecule has 3 heteroatoms. The van der Waals surface area contributed by atoms with E-state index in [0.717, 1.165) is 17.1 Å². The van der Waals surface area contributed by atoms with E-state index in [1.165, 1.54) is 11.8 Å². The zero-order valence-corrected chi connectivity index (χ0v) is 15.4. The second-order valence-corrected chi connectivity index (χ2v) is 8.20. The van der Waals surface area contributed by atoms with Crippen LogP contribution in [-0.2, 0) is 5.41 Å². The Morgan fingerprint density at radius 1 is 1.23 bits per heavy atom. The van der Waals surface area contributed by atoms with Crippen molar-refractivity contribution in [3.63, 3.8) is 0 Å². The molecule has 1 aromatic carbocycles. The Morgan fingerprint density at radius 2 is 1.91 bits per heavy atom. The maximum absolute atomic E-state index is 6.84. The third kappa shape index (κ3) is 5.77. The highest BCUT2D eigenvalue weighted by Crippen LogP contribution is 2.40. The molecule has 2 nitrogen and oxygen atoms in total. The highest BCUT2D eigenvalue weighted by atomic mass is 32.2. The van der Waals surface area contributed by atoms with E-state index < -0.39 is 0 Å². The van der Waals surface area contributed by atoms with Crippen molar-refractivity contribution >= 4 is 11.8 Å². The van der Waals surface area contributed by atoms with E-state index >= 15 is 0 Å². The minimum atomic E-state index is 0.0990. The van der Waals surface area contributed by atoms with Gasteiger partial charge in [0.1, 0.15) is 5.75 Å². The molecule has 0 saturated heterocycles. The molecule has 120 valence electrons. The normalized spacial score (nSPS) is 12.4. The highest BCUT2D eigenvalue weighted by Gasteiger charge is 2.27. The van der Waals surface area contributed by atoms with Crippen LogP contribution in [0.3, 0.4) is 0 Å². The lowest BCUT2D eigenvalue weighted by molar-refractivity contribution is 0.283. The van der Waals surface area contributed by atoms with Crippen LogP contribution in [0.25, 0.3) is 4.85 Å². The summed E-state index contributed by atoms with van der Waals surface area (Å²) < 4.78 is 5.70. The number of thioether (sulfide) groups is 1. The molecule has 0 aliphatic rings. The molecule has 0 amide bonds. The van der Waals surface area contributed by atoms with E-state index in [1.54, 1.807) is 11.8 Å². The molecule has 1 rings (SSSR count). The first kappa shape index (κ1) is 18.6. The summed E-state index contributed by atoms with van der Waals surface area (Å²) in [4.78, 5) is 4.32. The molecule has 0 atom stereocenters. The molecule has 1 aromatic rings. The minimum absolute atomic E-state index is 0.0990. The van der Waals surface area contributed by atoms with Crippen molar-refractivity contribution in [3.8, 4) is 5.75 Å². The Bertz CT molecular complexity index is 562. The second-order valence-electron chi connectivity index (χ2n) is 7.25. The topological polar surface area (TPSA) is 13.6 Å². The lowest BCUT2D eigenvalue weighted by Gasteiger charge is -2.33. The SMILES string of the molecule is [C-]#[N+]C=CSc1cc(C(C)(C)CC(C)(C)C)ccc1OCC. The van der Waals surface area contributed by atoms with Gasteiger partial charge in [0.05, 0.1) is 18.1 Å². The van der Waals surface area contributed by atoms with E-state index in [1.807, 2.05) is 12.3 Å². The summed E-state index contributed by atoms with van der Waals surface area (Å²) in [7, 11) is 0. The number of hydrogen-bond donors (Lipinski definition) is 0. The maximum atomic E-state index is 6.84. The van der Waals surface area contributed by atoms with Crippen molar-refractivity contribution in [1.29, 1.82) is 0 Å². The summed E-state index contributed by atoms with van der Waals surface area (Å²) in [6, 6.07) is 6.42. The quantitative estimate of drug-likeness (QED) is 0.452. The summed E-state index contributed by atoms with van der Waals surface area (Å²) in [5.74, 6) is 0.887. The van der Waals surface area contributed by atoms with E-state index in [9.17, 15) is 0 Å². The van der Waals surface area contributed by atoms with E-state index in [2.05, 4.69) is 57.7 Å². The Labute approximate surface area is 139 Å². The number of hydrogen-bond acceptors (Lipinski definition) is 2. The predicted molar refractivity (Wildman–Crippen MR) is 96.3 cm³/mol. The maximum Gasteiger partial charge on any atom is 0.160 e. The smallest absolute Gasteiger partial charge is 0.160 e. The number of ether oxygens (including phenoxy) is 1. The van der Waals surface area contributed by atoms with Crippen LogP contribution in [0.5, 0.6) is 5.75 Å². The van der Waals surface area contributed by atoms with Gasteiger partial charge in [-0.25, -0.2) is 4.85 Å². The van der Waals surface area contributed by atoms with Crippen LogP contribution in [0.2, 0.25) is 0 Å². The van der Waals surface area contributed by atoms with Crippen molar-refractivity contribution in [2.75, 3.05) is 6.61 Å². The van der Waals surface area contributed by atoms with Gasteiger partial charge in [-0.3, -0.25) is 0 Å². The number of rotatable bonds is 6. The molecule has 0 aliphatic carbocycles. The second kappa shape index (κ2) is 7.74. The Hall–Kier alpha value is -1.40. The third-order valence-electron chi connectivity index (χ3n) is 3.33. The van der Waals surface area contributed by atoms with Crippen LogP contribution >= 0.6 is 11.8 Å². The number of benzene rings is 1. The fourth-order valence-electron chi connectivity index (χ4n) is 2.86. The van der Waals surface area contributed by atoms with Gasteiger partial charge in [0.15, 0.2) is 6.20 Å². The van der Waals surface area contributed by atoms with Crippen LogP contribution in [0, 0.1) is 12.0 Å². The molecular formula is C19H27NOS. The summed E-state index contributed by atoms with van der Waals surface area (Å²) in [5, 5.41) is 1.81. The van der Waals surface area contributed by atoms with Gasteiger partial charge in [-0.05, 0) is 47.3 Å². The lowest BCUT2D eigenvalue weighted by Crippen LogP contribution is -2.24. The van der Waals surface area contributed by atoms with Crippen LogP contribution in [0.4, 0.5) is 0 Å². The molecule has 0 N–H and O–H groups in total.